The largest absolute Gasteiger partial charge is 0.480 e. The van der Waals surface area contributed by atoms with Crippen LogP contribution in [0, 0.1) is 0 Å². The number of nitrogens with zero attached hydrogens (tertiary/aromatic N) is 3. The summed E-state index contributed by atoms with van der Waals surface area (Å²) in [5, 5.41) is 13.5. The fourth-order valence-corrected chi connectivity index (χ4v) is 2.71. The average Bonchev–Trinajstić information content (AvgIpc) is 3.09. The van der Waals surface area contributed by atoms with Crippen LogP contribution in [-0.2, 0) is 20.7 Å². The van der Waals surface area contributed by atoms with Crippen LogP contribution in [0.3, 0.4) is 0 Å². The highest BCUT2D eigenvalue weighted by Gasteiger charge is 2.32. The highest BCUT2D eigenvalue weighted by Crippen LogP contribution is 2.13. The summed E-state index contributed by atoms with van der Waals surface area (Å²) in [6.07, 6.45) is 4.39. The van der Waals surface area contributed by atoms with E-state index in [2.05, 4.69) is 5.10 Å². The molecule has 0 spiro atoms. The average molecular weight is 329 g/mol. The minimum atomic E-state index is -1.03. The van der Waals surface area contributed by atoms with Crippen molar-refractivity contribution in [2.75, 3.05) is 19.8 Å². The van der Waals surface area contributed by atoms with Crippen LogP contribution in [0.5, 0.6) is 0 Å². The first-order valence-electron chi connectivity index (χ1n) is 7.84. The van der Waals surface area contributed by atoms with Crippen LogP contribution in [0.25, 0.3) is 5.69 Å². The van der Waals surface area contributed by atoms with Crippen molar-refractivity contribution < 1.29 is 19.4 Å². The quantitative estimate of drug-likeness (QED) is 0.888. The molecule has 24 heavy (non-hydrogen) atoms. The number of amides is 1. The van der Waals surface area contributed by atoms with Crippen molar-refractivity contribution in [2.24, 2.45) is 0 Å². The second kappa shape index (κ2) is 7.27. The lowest BCUT2D eigenvalue weighted by atomic mass is 10.1. The van der Waals surface area contributed by atoms with Gasteiger partial charge in [-0.15, -0.1) is 0 Å². The van der Waals surface area contributed by atoms with Crippen LogP contribution in [0.1, 0.15) is 12.0 Å². The lowest BCUT2D eigenvalue weighted by Crippen LogP contribution is -2.52. The van der Waals surface area contributed by atoms with Crippen molar-refractivity contribution >= 4 is 11.9 Å². The number of aryl methyl sites for hydroxylation is 1. The van der Waals surface area contributed by atoms with E-state index in [4.69, 9.17) is 4.74 Å². The zero-order valence-electron chi connectivity index (χ0n) is 13.2. The van der Waals surface area contributed by atoms with E-state index in [0.29, 0.717) is 19.6 Å². The summed E-state index contributed by atoms with van der Waals surface area (Å²) in [5.41, 5.74) is 1.89. The van der Waals surface area contributed by atoms with Gasteiger partial charge in [-0.05, 0) is 24.1 Å². The maximum Gasteiger partial charge on any atom is 0.328 e. The summed E-state index contributed by atoms with van der Waals surface area (Å²) in [4.78, 5) is 25.0. The molecule has 0 aliphatic carbocycles. The van der Waals surface area contributed by atoms with Crippen LogP contribution in [0.2, 0.25) is 0 Å². The number of carbonyl (C=O) groups is 2. The van der Waals surface area contributed by atoms with Crippen LogP contribution < -0.4 is 0 Å². The molecule has 2 heterocycles. The van der Waals surface area contributed by atoms with E-state index in [9.17, 15) is 14.7 Å². The molecular weight excluding hydrogens is 310 g/mol. The molecule has 1 aliphatic heterocycles. The molecule has 1 unspecified atom stereocenters. The molecule has 0 bridgehead atoms. The molecular formula is C17H19N3O4. The summed E-state index contributed by atoms with van der Waals surface area (Å²) in [6.45, 7) is 0.744. The van der Waals surface area contributed by atoms with E-state index in [1.54, 1.807) is 10.9 Å². The number of aliphatic carboxylic acids is 1. The van der Waals surface area contributed by atoms with Crippen molar-refractivity contribution in [2.45, 2.75) is 18.9 Å². The Hall–Kier alpha value is -2.67. The van der Waals surface area contributed by atoms with Crippen molar-refractivity contribution in [1.82, 2.24) is 14.7 Å². The molecule has 3 rings (SSSR count). The first kappa shape index (κ1) is 16.2. The molecule has 1 amide bonds. The Balaban J connectivity index is 1.60. The SMILES string of the molecule is O=C(O)C1COCCN1C(=O)CCc1cnn(-c2ccccc2)c1. The summed E-state index contributed by atoms with van der Waals surface area (Å²) in [5.74, 6) is -1.20. The van der Waals surface area contributed by atoms with Gasteiger partial charge in [0.05, 0.1) is 25.1 Å². The Morgan fingerprint density at radius 1 is 1.29 bits per heavy atom. The lowest BCUT2D eigenvalue weighted by Gasteiger charge is -2.32. The van der Waals surface area contributed by atoms with Crippen LogP contribution in [-0.4, -0.2) is 57.5 Å². The Morgan fingerprint density at radius 2 is 2.08 bits per heavy atom. The predicted molar refractivity (Wildman–Crippen MR) is 85.8 cm³/mol. The second-order valence-electron chi connectivity index (χ2n) is 5.64. The van der Waals surface area contributed by atoms with Crippen molar-refractivity contribution in [3.63, 3.8) is 0 Å². The number of hydrogen-bond acceptors (Lipinski definition) is 4. The number of hydrogen-bond donors (Lipinski definition) is 1. The van der Waals surface area contributed by atoms with Crippen molar-refractivity contribution in [1.29, 1.82) is 0 Å². The molecule has 1 N–H and O–H groups in total. The molecule has 1 saturated heterocycles. The summed E-state index contributed by atoms with van der Waals surface area (Å²) < 4.78 is 6.91. The number of benzene rings is 1. The first-order chi connectivity index (χ1) is 11.6. The highest BCUT2D eigenvalue weighted by atomic mass is 16.5. The van der Waals surface area contributed by atoms with E-state index < -0.39 is 12.0 Å². The Morgan fingerprint density at radius 3 is 2.83 bits per heavy atom. The molecule has 7 nitrogen and oxygen atoms in total. The molecule has 2 aromatic rings. The fraction of sp³-hybridized carbons (Fsp3) is 0.353. The standard InChI is InChI=1S/C17H19N3O4/c21-16(19-8-9-24-12-15(19)17(22)23)7-6-13-10-18-20(11-13)14-4-2-1-3-5-14/h1-5,10-11,15H,6-9,12H2,(H,22,23). The van der Waals surface area contributed by atoms with Crippen LogP contribution in [0.4, 0.5) is 0 Å². The lowest BCUT2D eigenvalue weighted by molar-refractivity contribution is -0.158. The smallest absolute Gasteiger partial charge is 0.328 e. The van der Waals surface area contributed by atoms with Crippen LogP contribution in [0.15, 0.2) is 42.7 Å². The van der Waals surface area contributed by atoms with Gasteiger partial charge in [-0.25, -0.2) is 9.48 Å². The van der Waals surface area contributed by atoms with E-state index in [0.717, 1.165) is 11.3 Å². The zero-order chi connectivity index (χ0) is 16.9. The fourth-order valence-electron chi connectivity index (χ4n) is 2.71. The molecule has 126 valence electrons. The highest BCUT2D eigenvalue weighted by molar-refractivity contribution is 5.84. The number of carbonyl (C=O) groups excluding carboxylic acids is 1. The molecule has 1 aromatic heterocycles. The van der Waals surface area contributed by atoms with Gasteiger partial charge in [-0.3, -0.25) is 4.79 Å². The third kappa shape index (κ3) is 3.62. The predicted octanol–water partition coefficient (Wildman–Crippen LogP) is 1.12. The van der Waals surface area contributed by atoms with Gasteiger partial charge in [0.2, 0.25) is 5.91 Å². The normalized spacial score (nSPS) is 17.7. The minimum absolute atomic E-state index is 0.0486. The maximum absolute atomic E-state index is 12.3. The third-order valence-corrected chi connectivity index (χ3v) is 4.02. The Bertz CT molecular complexity index is 714. The van der Waals surface area contributed by atoms with Gasteiger partial charge in [-0.2, -0.15) is 5.10 Å². The molecule has 1 fully saturated rings. The van der Waals surface area contributed by atoms with E-state index >= 15 is 0 Å². The van der Waals surface area contributed by atoms with Crippen LogP contribution >= 0.6 is 0 Å². The Labute approximate surface area is 139 Å². The third-order valence-electron chi connectivity index (χ3n) is 4.02. The maximum atomic E-state index is 12.3. The summed E-state index contributed by atoms with van der Waals surface area (Å²) in [6, 6.07) is 8.82. The van der Waals surface area contributed by atoms with Gasteiger partial charge in [0.1, 0.15) is 0 Å². The number of carboxylic acids is 1. The van der Waals surface area contributed by atoms with E-state index in [-0.39, 0.29) is 18.9 Å². The number of para-hydroxylation sites is 1. The number of rotatable bonds is 5. The second-order valence-corrected chi connectivity index (χ2v) is 5.64. The molecule has 7 heteroatoms. The molecule has 1 aliphatic rings. The van der Waals surface area contributed by atoms with Gasteiger partial charge in [-0.1, -0.05) is 18.2 Å². The number of carboxylic acid groups (broad SMARTS) is 1. The Kier molecular flexibility index (Phi) is 4.90. The molecule has 0 radical (unpaired) electrons. The van der Waals surface area contributed by atoms with E-state index in [1.165, 1.54) is 4.90 Å². The summed E-state index contributed by atoms with van der Waals surface area (Å²) in [7, 11) is 0. The minimum Gasteiger partial charge on any atom is -0.480 e. The van der Waals surface area contributed by atoms with Gasteiger partial charge in [0.15, 0.2) is 6.04 Å². The van der Waals surface area contributed by atoms with Crippen molar-refractivity contribution in [3.05, 3.63) is 48.3 Å². The van der Waals surface area contributed by atoms with Gasteiger partial charge in [0.25, 0.3) is 0 Å². The summed E-state index contributed by atoms with van der Waals surface area (Å²) >= 11 is 0. The zero-order valence-corrected chi connectivity index (χ0v) is 13.2. The van der Waals surface area contributed by atoms with E-state index in [1.807, 2.05) is 36.5 Å². The molecule has 1 aromatic carbocycles. The number of aromatic nitrogens is 2. The number of ether oxygens (including phenoxy) is 1. The molecule has 1 atom stereocenters. The van der Waals surface area contributed by atoms with Gasteiger partial charge < -0.3 is 14.7 Å². The van der Waals surface area contributed by atoms with Gasteiger partial charge >= 0.3 is 5.97 Å². The first-order valence-corrected chi connectivity index (χ1v) is 7.84. The van der Waals surface area contributed by atoms with Crippen molar-refractivity contribution in [3.8, 4) is 5.69 Å². The monoisotopic (exact) mass is 329 g/mol. The molecule has 0 saturated carbocycles. The topological polar surface area (TPSA) is 84.7 Å². The number of morpholine rings is 1. The van der Waals surface area contributed by atoms with Gasteiger partial charge in [0, 0.05) is 19.2 Å².